The molecule has 0 aliphatic heterocycles. The van der Waals surface area contributed by atoms with Crippen molar-refractivity contribution in [1.29, 1.82) is 0 Å². The second kappa shape index (κ2) is 15.7. The summed E-state index contributed by atoms with van der Waals surface area (Å²) in [5.74, 6) is 7.46. The predicted octanol–water partition coefficient (Wildman–Crippen LogP) is 18.8. The Morgan fingerprint density at radius 3 is 1.67 bits per heavy atom. The molecule has 5 unspecified atom stereocenters. The molecule has 8 aromatic carbocycles. The molecule has 1 aromatic heterocycles. The summed E-state index contributed by atoms with van der Waals surface area (Å²) < 4.78 is 0. The maximum atomic E-state index is 5.63. The highest BCUT2D eigenvalue weighted by Gasteiger charge is 2.71. The van der Waals surface area contributed by atoms with Crippen LogP contribution in [0.3, 0.4) is 0 Å². The third kappa shape index (κ3) is 6.20. The van der Waals surface area contributed by atoms with E-state index in [-0.39, 0.29) is 16.2 Å². The zero-order valence-electron chi connectivity index (χ0n) is 45.0. The van der Waals surface area contributed by atoms with Crippen molar-refractivity contribution in [3.8, 4) is 101 Å². The Hall–Kier alpha value is -7.23. The molecular weight excluding hydrogens is 943 g/mol. The van der Waals surface area contributed by atoms with Crippen LogP contribution in [-0.4, -0.2) is 15.0 Å². The Kier molecular flexibility index (Phi) is 9.03. The van der Waals surface area contributed by atoms with E-state index in [4.69, 9.17) is 15.0 Å². The van der Waals surface area contributed by atoms with Crippen molar-refractivity contribution in [2.24, 2.45) is 40.9 Å². The maximum absolute atomic E-state index is 5.63. The van der Waals surface area contributed by atoms with Crippen LogP contribution in [0.1, 0.15) is 113 Å². The molecule has 78 heavy (non-hydrogen) atoms. The highest BCUT2D eigenvalue weighted by atomic mass is 15.0. The van der Waals surface area contributed by atoms with Crippen LogP contribution in [0.4, 0.5) is 0 Å². The van der Waals surface area contributed by atoms with Gasteiger partial charge >= 0.3 is 0 Å². The summed E-state index contributed by atoms with van der Waals surface area (Å²) in [5, 5.41) is 0. The number of hydrogen-bond acceptors (Lipinski definition) is 3. The molecule has 7 bridgehead atoms. The minimum Gasteiger partial charge on any atom is -0.208 e. The van der Waals surface area contributed by atoms with Crippen molar-refractivity contribution in [2.45, 2.75) is 107 Å². The van der Waals surface area contributed by atoms with Crippen LogP contribution in [0.5, 0.6) is 0 Å². The van der Waals surface area contributed by atoms with Gasteiger partial charge < -0.3 is 0 Å². The van der Waals surface area contributed by atoms with Crippen molar-refractivity contribution < 1.29 is 0 Å². The van der Waals surface area contributed by atoms with E-state index >= 15 is 0 Å². The van der Waals surface area contributed by atoms with Gasteiger partial charge in [0.05, 0.1) is 0 Å². The highest BCUT2D eigenvalue weighted by molar-refractivity contribution is 6.07. The lowest BCUT2D eigenvalue weighted by Crippen LogP contribution is -2.48. The van der Waals surface area contributed by atoms with Crippen molar-refractivity contribution in [3.05, 3.63) is 198 Å². The molecule has 9 aromatic rings. The molecular formula is C75H65N3. The minimum atomic E-state index is -0.0890. The molecule has 0 saturated heterocycles. The van der Waals surface area contributed by atoms with E-state index in [0.717, 1.165) is 57.8 Å². The average molecular weight is 1010 g/mol. The molecule has 1 spiro atoms. The Morgan fingerprint density at radius 1 is 0.333 bits per heavy atom. The first kappa shape index (κ1) is 44.7. The Balaban J connectivity index is 0.836. The van der Waals surface area contributed by atoms with Crippen LogP contribution >= 0.6 is 0 Å². The SMILES string of the molecule is CC1(C)c2ccccc2-c2ccc(-c3cccc(-c4nc(-c5ccccc5)nc(-c5cccc6c5-c5ccccc5-c5cc(C78CC9CC%10CC(C7)C%10(C9)C8)ccc5-c5ccc(C78CC9CC(CC(C9)C7)C8)cc5-6)n4)c3)cc21. The van der Waals surface area contributed by atoms with E-state index in [2.05, 4.69) is 190 Å². The second-order valence-electron chi connectivity index (χ2n) is 27.2. The van der Waals surface area contributed by atoms with Gasteiger partial charge in [0.25, 0.3) is 0 Å². The zero-order valence-corrected chi connectivity index (χ0v) is 45.0. The highest BCUT2D eigenvalue weighted by Crippen LogP contribution is 2.79. The van der Waals surface area contributed by atoms with E-state index in [0.29, 0.717) is 22.9 Å². The number of benzene rings is 8. The lowest BCUT2D eigenvalue weighted by molar-refractivity contribution is -0.00516. The van der Waals surface area contributed by atoms with E-state index in [1.807, 2.05) is 0 Å². The van der Waals surface area contributed by atoms with E-state index in [9.17, 15) is 0 Å². The van der Waals surface area contributed by atoms with Crippen molar-refractivity contribution in [3.63, 3.8) is 0 Å². The van der Waals surface area contributed by atoms with Crippen molar-refractivity contribution >= 4 is 0 Å². The summed E-state index contributed by atoms with van der Waals surface area (Å²) in [5.41, 5.74) is 25.5. The summed E-state index contributed by atoms with van der Waals surface area (Å²) in [6, 6.07) is 67.5. The number of hydrogen-bond donors (Lipinski definition) is 0. The predicted molar refractivity (Wildman–Crippen MR) is 317 cm³/mol. The first-order chi connectivity index (χ1) is 38.2. The van der Waals surface area contributed by atoms with Gasteiger partial charge in [-0.05, 0) is 237 Å². The fraction of sp³-hybridized carbons (Fsp3) is 0.320. The van der Waals surface area contributed by atoms with Crippen molar-refractivity contribution in [1.82, 2.24) is 15.0 Å². The molecule has 19 rings (SSSR count). The molecule has 380 valence electrons. The van der Waals surface area contributed by atoms with Crippen LogP contribution in [-0.2, 0) is 16.2 Å². The molecule has 0 amide bonds. The first-order valence-corrected chi connectivity index (χ1v) is 29.9. The monoisotopic (exact) mass is 1010 g/mol. The minimum absolute atomic E-state index is 0.0890. The average Bonchev–Trinajstić information content (AvgIpc) is 4.15. The van der Waals surface area contributed by atoms with Crippen LogP contribution in [0.2, 0.25) is 0 Å². The van der Waals surface area contributed by atoms with E-state index in [1.165, 1.54) is 149 Å². The topological polar surface area (TPSA) is 38.7 Å². The zero-order chi connectivity index (χ0) is 51.3. The molecule has 10 aliphatic carbocycles. The third-order valence-corrected chi connectivity index (χ3v) is 22.8. The molecule has 3 heteroatoms. The quantitative estimate of drug-likeness (QED) is 0.167. The molecule has 5 atom stereocenters. The maximum Gasteiger partial charge on any atom is 0.164 e. The van der Waals surface area contributed by atoms with Crippen LogP contribution in [0.15, 0.2) is 176 Å². The van der Waals surface area contributed by atoms with Crippen LogP contribution < -0.4 is 0 Å². The van der Waals surface area contributed by atoms with Gasteiger partial charge in [0, 0.05) is 27.7 Å². The number of fused-ring (bicyclic) bond motifs is 13. The fourth-order valence-electron chi connectivity index (χ4n) is 20.1. The molecule has 8 fully saturated rings. The van der Waals surface area contributed by atoms with Gasteiger partial charge in [-0.3, -0.25) is 0 Å². The molecule has 1 heterocycles. The Labute approximate surface area is 459 Å². The molecule has 0 radical (unpaired) electrons. The summed E-state index contributed by atoms with van der Waals surface area (Å²) in [6.07, 6.45) is 17.0. The first-order valence-electron chi connectivity index (χ1n) is 29.9. The van der Waals surface area contributed by atoms with Crippen LogP contribution in [0.25, 0.3) is 101 Å². The Morgan fingerprint density at radius 2 is 0.885 bits per heavy atom. The summed E-state index contributed by atoms with van der Waals surface area (Å²) in [4.78, 5) is 16.5. The third-order valence-electron chi connectivity index (χ3n) is 22.8. The van der Waals surface area contributed by atoms with Gasteiger partial charge in [0.1, 0.15) is 0 Å². The van der Waals surface area contributed by atoms with Crippen LogP contribution in [0, 0.1) is 40.9 Å². The fourth-order valence-corrected chi connectivity index (χ4v) is 20.1. The summed E-state index contributed by atoms with van der Waals surface area (Å²) in [6.45, 7) is 4.73. The molecule has 10 aliphatic rings. The normalized spacial score (nSPS) is 29.1. The van der Waals surface area contributed by atoms with Gasteiger partial charge in [0.2, 0.25) is 0 Å². The van der Waals surface area contributed by atoms with Gasteiger partial charge in [-0.25, -0.2) is 15.0 Å². The standard InChI is InChI=1S/C75H65N3/c1-72(2)66-21-9-8-17-59(66)60-25-22-50(33-67(60)72)49-14-10-15-51(32-49)70-76-69(48-12-4-3-5-13-48)77-71(78-70)63-20-11-19-62-65-35-52(73-37-44-28-45(38-73)30-46(29-44)39-73)23-26-58(65)57-27-24-53(36-64(57)56-16-6-7-18-61(56)68(62)63)74-40-47-31-54-34-55(42-74)75(54,41-47)43-74/h3-27,32-33,35-36,44-47,54-55H,28-31,34,37-43H2,1-2H3. The Bertz CT molecular complexity index is 4010. The van der Waals surface area contributed by atoms with Crippen molar-refractivity contribution in [2.75, 3.05) is 0 Å². The van der Waals surface area contributed by atoms with E-state index in [1.54, 1.807) is 11.1 Å². The lowest BCUT2D eigenvalue weighted by Gasteiger charge is -2.57. The number of rotatable bonds is 6. The molecule has 3 nitrogen and oxygen atoms in total. The second-order valence-corrected chi connectivity index (χ2v) is 27.2. The largest absolute Gasteiger partial charge is 0.208 e. The van der Waals surface area contributed by atoms with E-state index < -0.39 is 0 Å². The van der Waals surface area contributed by atoms with Gasteiger partial charge in [-0.15, -0.1) is 0 Å². The smallest absolute Gasteiger partial charge is 0.164 e. The molecule has 0 N–H and O–H groups in total. The van der Waals surface area contributed by atoms with Gasteiger partial charge in [0.15, 0.2) is 17.5 Å². The number of nitrogens with zero attached hydrogens (tertiary/aromatic N) is 3. The lowest BCUT2D eigenvalue weighted by atomic mass is 9.48. The molecule has 8 saturated carbocycles. The summed E-state index contributed by atoms with van der Waals surface area (Å²) >= 11 is 0. The van der Waals surface area contributed by atoms with Gasteiger partial charge in [-0.1, -0.05) is 166 Å². The van der Waals surface area contributed by atoms with Gasteiger partial charge in [-0.2, -0.15) is 0 Å². The number of aromatic nitrogens is 3. The summed E-state index contributed by atoms with van der Waals surface area (Å²) in [7, 11) is 0.